The van der Waals surface area contributed by atoms with E-state index in [2.05, 4.69) is 44.7 Å². The Morgan fingerprint density at radius 2 is 0.652 bits per heavy atom. The first-order valence-corrected chi connectivity index (χ1v) is 21.1. The predicted octanol–water partition coefficient (Wildman–Crippen LogP) is 12.6. The zero-order valence-corrected chi connectivity index (χ0v) is 35.3. The van der Waals surface area contributed by atoms with E-state index in [0.717, 1.165) is 10.8 Å². The molecule has 0 bridgehead atoms. The van der Waals surface area contributed by atoms with Gasteiger partial charge in [0.1, 0.15) is 0 Å². The Morgan fingerprint density at radius 3 is 0.957 bits per heavy atom. The van der Waals surface area contributed by atoms with Gasteiger partial charge in [-0.2, -0.15) is 0 Å². The van der Waals surface area contributed by atoms with Gasteiger partial charge in [0.15, 0.2) is 52.3 Å². The zero-order chi connectivity index (χ0) is 46.9. The van der Waals surface area contributed by atoms with Crippen LogP contribution in [0.15, 0.2) is 159 Å². The van der Waals surface area contributed by atoms with Crippen molar-refractivity contribution in [2.24, 2.45) is 0 Å². The molecule has 0 aliphatic carbocycles. The van der Waals surface area contributed by atoms with Gasteiger partial charge in [-0.1, -0.05) is 0 Å². The summed E-state index contributed by atoms with van der Waals surface area (Å²) in [6.45, 7) is 8.39. The Balaban J connectivity index is 1.23. The van der Waals surface area contributed by atoms with Crippen LogP contribution in [0.5, 0.6) is 0 Å². The predicted molar refractivity (Wildman–Crippen MR) is 251 cm³/mol. The molecule has 0 fully saturated rings. The van der Waals surface area contributed by atoms with E-state index in [-0.39, 0.29) is 11.4 Å². The lowest BCUT2D eigenvalue weighted by Gasteiger charge is -2.20. The molecule has 6 aromatic carbocycles. The molecule has 12 rings (SSSR count). The fraction of sp³-hybridized carbons (Fsp3) is 0. The molecule has 328 valence electrons. The first-order chi connectivity index (χ1) is 33.8. The summed E-state index contributed by atoms with van der Waals surface area (Å²) in [5.41, 5.74) is 3.54. The van der Waals surface area contributed by atoms with Crippen LogP contribution in [0.25, 0.3) is 117 Å². The molecule has 6 aromatic heterocycles. The van der Waals surface area contributed by atoms with Crippen LogP contribution in [0.3, 0.4) is 0 Å². The second kappa shape index (κ2) is 16.1. The van der Waals surface area contributed by atoms with E-state index in [1.165, 1.54) is 12.1 Å². The quantitative estimate of drug-likeness (QED) is 0.0671. The van der Waals surface area contributed by atoms with E-state index in [9.17, 15) is 4.39 Å². The van der Waals surface area contributed by atoms with Crippen molar-refractivity contribution in [1.29, 1.82) is 0 Å². The number of fused-ring (bicyclic) bond motifs is 6. The molecular weight excluding hydrogens is 886 g/mol. The van der Waals surface area contributed by atoms with Gasteiger partial charge >= 0.3 is 0 Å². The molecule has 12 aromatic rings. The molecule has 0 aliphatic heterocycles. The van der Waals surface area contributed by atoms with E-state index in [1.54, 1.807) is 73.8 Å². The summed E-state index contributed by atoms with van der Waals surface area (Å²) in [5, 5.41) is 2.84. The molecule has 0 unspecified atom stereocenters. The minimum absolute atomic E-state index is 0.221. The minimum Gasteiger partial charge on any atom is -0.308 e. The van der Waals surface area contributed by atoms with Crippen LogP contribution < -0.4 is 0 Å². The molecule has 0 atom stereocenters. The summed E-state index contributed by atoms with van der Waals surface area (Å²) in [6.07, 6.45) is 13.1. The number of rotatable bonds is 7. The van der Waals surface area contributed by atoms with Gasteiger partial charge < -0.3 is 9.13 Å². The Labute approximate surface area is 386 Å². The van der Waals surface area contributed by atoms with E-state index in [4.69, 9.17) is 6.57 Å². The molecule has 69 heavy (non-hydrogen) atoms. The number of hydrogen-bond donors (Lipinski definition) is 0. The monoisotopic (exact) mass is 911 g/mol. The van der Waals surface area contributed by atoms with E-state index in [0.29, 0.717) is 84.1 Å². The van der Waals surface area contributed by atoms with Crippen LogP contribution >= 0.6 is 0 Å². The van der Waals surface area contributed by atoms with Crippen LogP contribution in [0.4, 0.5) is 27.6 Å². The third kappa shape index (κ3) is 6.55. The van der Waals surface area contributed by atoms with Crippen molar-refractivity contribution < 1.29 is 22.0 Å². The van der Waals surface area contributed by atoms with Crippen LogP contribution in [0.2, 0.25) is 0 Å². The molecule has 16 heteroatoms. The molecule has 0 N–H and O–H groups in total. The Hall–Kier alpha value is -9.62. The first kappa shape index (κ1) is 40.9. The normalized spacial score (nSPS) is 11.5. The lowest BCUT2D eigenvalue weighted by Crippen LogP contribution is -2.07. The van der Waals surface area contributed by atoms with Gasteiger partial charge in [-0.3, -0.25) is 0 Å². The lowest BCUT2D eigenvalue weighted by atomic mass is 9.99. The summed E-state index contributed by atoms with van der Waals surface area (Å²) in [5.74, 6) is -8.94. The number of nitrogens with zero attached hydrogens (tertiary/aromatic N) is 11. The Bertz CT molecular complexity index is 3860. The number of benzene rings is 6. The van der Waals surface area contributed by atoms with Crippen LogP contribution in [0, 0.1) is 35.7 Å². The number of halogens is 5. The summed E-state index contributed by atoms with van der Waals surface area (Å²) >= 11 is 0. The van der Waals surface area contributed by atoms with Crippen molar-refractivity contribution in [3.05, 3.63) is 199 Å². The third-order valence-corrected chi connectivity index (χ3v) is 12.0. The summed E-state index contributed by atoms with van der Waals surface area (Å²) < 4.78 is 80.8. The van der Waals surface area contributed by atoms with Gasteiger partial charge in [-0.25, -0.2) is 66.7 Å². The second-order valence-corrected chi connectivity index (χ2v) is 15.8. The van der Waals surface area contributed by atoms with Crippen molar-refractivity contribution in [3.63, 3.8) is 0 Å². The highest BCUT2D eigenvalue weighted by molar-refractivity contribution is 6.14. The largest absolute Gasteiger partial charge is 0.308 e. The molecule has 0 spiro atoms. The molecule has 0 saturated carbocycles. The summed E-state index contributed by atoms with van der Waals surface area (Å²) in [7, 11) is 0. The van der Waals surface area contributed by atoms with E-state index >= 15 is 17.6 Å². The van der Waals surface area contributed by atoms with Gasteiger partial charge in [0.25, 0.3) is 0 Å². The Kier molecular flexibility index (Phi) is 9.51. The topological polar surface area (TPSA) is 117 Å². The second-order valence-electron chi connectivity index (χ2n) is 15.8. The van der Waals surface area contributed by atoms with E-state index < -0.39 is 40.2 Å². The molecule has 11 nitrogen and oxygen atoms in total. The Morgan fingerprint density at radius 1 is 0.362 bits per heavy atom. The summed E-state index contributed by atoms with van der Waals surface area (Å²) in [4.78, 5) is 39.6. The molecule has 0 saturated heterocycles. The van der Waals surface area contributed by atoms with Crippen molar-refractivity contribution in [2.45, 2.75) is 0 Å². The van der Waals surface area contributed by atoms with Gasteiger partial charge in [-0.05, 0) is 115 Å². The standard InChI is InChI=1S/C53H26F5N11/c1-59-37-27-43(69-40-12-8-30(52-64-18-4-19-65-52)24-34(40)35-25-31(9-13-41(35)69)53-66-20-5-21-67-53)42(26-36(37)44-45(54)47(56)49(58)48(57)46(44)55)68-38-10-6-28(50-60-14-2-15-61-50)22-32(38)33-23-29(7-11-39(33)68)51-62-16-3-17-63-51/h2-27H. The van der Waals surface area contributed by atoms with Crippen LogP contribution in [-0.4, -0.2) is 49.0 Å². The SMILES string of the molecule is [C-]#[N+]c1cc(-n2c3ccc(-c4ncccn4)cc3c3cc(-c4ncccn4)ccc32)c(-n2c3ccc(-c4ncccn4)cc3c3cc(-c4ncccn4)ccc32)cc1-c1c(F)c(F)c(F)c(F)c1F. The van der Waals surface area contributed by atoms with Crippen LogP contribution in [0.1, 0.15) is 0 Å². The fourth-order valence-electron chi connectivity index (χ4n) is 8.97. The zero-order valence-electron chi connectivity index (χ0n) is 35.3. The minimum atomic E-state index is -2.32. The van der Waals surface area contributed by atoms with Crippen molar-refractivity contribution >= 4 is 49.3 Å². The van der Waals surface area contributed by atoms with Gasteiger partial charge in [0.05, 0.1) is 40.0 Å². The average Bonchev–Trinajstić information content (AvgIpc) is 3.91. The van der Waals surface area contributed by atoms with Crippen molar-refractivity contribution in [1.82, 2.24) is 49.0 Å². The summed E-state index contributed by atoms with van der Waals surface area (Å²) in [6, 6.07) is 32.1. The third-order valence-electron chi connectivity index (χ3n) is 12.0. The first-order valence-electron chi connectivity index (χ1n) is 21.1. The molecule has 0 aliphatic rings. The van der Waals surface area contributed by atoms with Gasteiger partial charge in [0, 0.05) is 98.9 Å². The van der Waals surface area contributed by atoms with Crippen LogP contribution in [-0.2, 0) is 0 Å². The maximum Gasteiger partial charge on any atom is 0.200 e. The highest BCUT2D eigenvalue weighted by Gasteiger charge is 2.30. The van der Waals surface area contributed by atoms with Gasteiger partial charge in [0.2, 0.25) is 5.82 Å². The molecule has 0 amide bonds. The maximum atomic E-state index is 16.1. The number of aromatic nitrogens is 10. The fourth-order valence-corrected chi connectivity index (χ4v) is 8.97. The van der Waals surface area contributed by atoms with Crippen molar-refractivity contribution in [3.8, 4) is 68.1 Å². The maximum absolute atomic E-state index is 16.1. The molecular formula is C53H26F5N11. The smallest absolute Gasteiger partial charge is 0.200 e. The average molecular weight is 912 g/mol. The highest BCUT2D eigenvalue weighted by atomic mass is 19.2. The van der Waals surface area contributed by atoms with E-state index in [1.807, 2.05) is 81.9 Å². The molecule has 0 radical (unpaired) electrons. The van der Waals surface area contributed by atoms with Crippen molar-refractivity contribution in [2.75, 3.05) is 0 Å². The molecule has 6 heterocycles. The van der Waals surface area contributed by atoms with Gasteiger partial charge in [-0.15, -0.1) is 0 Å². The lowest BCUT2D eigenvalue weighted by molar-refractivity contribution is 0.381. The number of hydrogen-bond acceptors (Lipinski definition) is 8. The highest BCUT2D eigenvalue weighted by Crippen LogP contribution is 2.46.